The van der Waals surface area contributed by atoms with Gasteiger partial charge in [0, 0.05) is 30.6 Å². The highest BCUT2D eigenvalue weighted by atomic mass is 19.1. The summed E-state index contributed by atoms with van der Waals surface area (Å²) in [5, 5.41) is 2.80. The molecule has 0 fully saturated rings. The third-order valence-corrected chi connectivity index (χ3v) is 4.25. The molecule has 2 heterocycles. The summed E-state index contributed by atoms with van der Waals surface area (Å²) in [4.78, 5) is 20.7. The van der Waals surface area contributed by atoms with Crippen LogP contribution in [-0.4, -0.2) is 20.4 Å². The van der Waals surface area contributed by atoms with Crippen molar-refractivity contribution in [3.05, 3.63) is 102 Å². The number of pyridine rings is 1. The van der Waals surface area contributed by atoms with Gasteiger partial charge in [-0.2, -0.15) is 0 Å². The Kier molecular flexibility index (Phi) is 5.47. The van der Waals surface area contributed by atoms with E-state index in [1.54, 1.807) is 47.2 Å². The van der Waals surface area contributed by atoms with E-state index in [-0.39, 0.29) is 18.3 Å². The smallest absolute Gasteiger partial charge is 0.270 e. The number of carbonyl (C=O) groups is 1. The van der Waals surface area contributed by atoms with Gasteiger partial charge in [-0.3, -0.25) is 9.36 Å². The second kappa shape index (κ2) is 8.52. The second-order valence-electron chi connectivity index (χ2n) is 6.37. The van der Waals surface area contributed by atoms with Gasteiger partial charge in [0.05, 0.1) is 12.5 Å². The number of imidazole rings is 1. The number of nitrogens with one attached hydrogen (secondary N) is 1. The molecule has 1 amide bonds. The van der Waals surface area contributed by atoms with Gasteiger partial charge in [-0.1, -0.05) is 12.1 Å². The van der Waals surface area contributed by atoms with Crippen LogP contribution in [-0.2, 0) is 6.54 Å². The van der Waals surface area contributed by atoms with Crippen LogP contribution in [0.15, 0.2) is 79.4 Å². The molecule has 0 unspecified atom stereocenters. The molecule has 4 rings (SSSR count). The van der Waals surface area contributed by atoms with E-state index in [0.717, 1.165) is 5.56 Å². The highest BCUT2D eigenvalue weighted by molar-refractivity contribution is 5.92. The average Bonchev–Trinajstić information content (AvgIpc) is 3.24. The van der Waals surface area contributed by atoms with Crippen molar-refractivity contribution < 1.29 is 18.3 Å². The zero-order chi connectivity index (χ0) is 20.9. The summed E-state index contributed by atoms with van der Waals surface area (Å²) < 4.78 is 33.4. The first-order chi connectivity index (χ1) is 14.6. The Morgan fingerprint density at radius 1 is 1.00 bits per heavy atom. The number of carbonyl (C=O) groups excluding carboxylic acids is 1. The van der Waals surface area contributed by atoms with E-state index in [4.69, 9.17) is 4.74 Å². The fraction of sp³-hybridized carbons (Fsp3) is 0.0455. The number of benzene rings is 2. The predicted octanol–water partition coefficient (Wildman–Crippen LogP) is 4.27. The van der Waals surface area contributed by atoms with Crippen molar-refractivity contribution in [2.24, 2.45) is 0 Å². The normalized spacial score (nSPS) is 10.6. The number of amides is 1. The molecule has 1 N–H and O–H groups in total. The summed E-state index contributed by atoms with van der Waals surface area (Å²) >= 11 is 0. The summed E-state index contributed by atoms with van der Waals surface area (Å²) in [6.07, 6.45) is 4.49. The molecule has 6 nitrogen and oxygen atoms in total. The van der Waals surface area contributed by atoms with Crippen LogP contribution in [0.5, 0.6) is 11.6 Å². The quantitative estimate of drug-likeness (QED) is 0.519. The molecule has 30 heavy (non-hydrogen) atoms. The van der Waals surface area contributed by atoms with Crippen LogP contribution in [0.1, 0.15) is 16.1 Å². The zero-order valence-corrected chi connectivity index (χ0v) is 15.6. The Morgan fingerprint density at radius 2 is 1.83 bits per heavy atom. The second-order valence-corrected chi connectivity index (χ2v) is 6.37. The highest BCUT2D eigenvalue weighted by Crippen LogP contribution is 2.20. The van der Waals surface area contributed by atoms with E-state index in [0.29, 0.717) is 23.0 Å². The number of hydrogen-bond acceptors (Lipinski definition) is 4. The Labute approximate surface area is 170 Å². The highest BCUT2D eigenvalue weighted by Gasteiger charge is 2.13. The van der Waals surface area contributed by atoms with Gasteiger partial charge in [-0.05, 0) is 42.0 Å². The minimum atomic E-state index is -0.397. The Balaban J connectivity index is 1.39. The molecule has 0 aliphatic heterocycles. The van der Waals surface area contributed by atoms with Crippen molar-refractivity contribution in [3.8, 4) is 17.3 Å². The van der Waals surface area contributed by atoms with Crippen LogP contribution in [0.2, 0.25) is 0 Å². The van der Waals surface area contributed by atoms with Gasteiger partial charge < -0.3 is 10.1 Å². The molecule has 150 valence electrons. The molecule has 0 saturated heterocycles. The first kappa shape index (κ1) is 19.3. The van der Waals surface area contributed by atoms with Crippen LogP contribution in [0.25, 0.3) is 5.69 Å². The van der Waals surface area contributed by atoms with Crippen LogP contribution in [0.3, 0.4) is 0 Å². The summed E-state index contributed by atoms with van der Waals surface area (Å²) in [6, 6.07) is 14.9. The van der Waals surface area contributed by atoms with Gasteiger partial charge in [0.15, 0.2) is 0 Å². The predicted molar refractivity (Wildman–Crippen MR) is 105 cm³/mol. The number of rotatable bonds is 6. The molecular weight excluding hydrogens is 390 g/mol. The van der Waals surface area contributed by atoms with Crippen molar-refractivity contribution in [1.29, 1.82) is 0 Å². The lowest BCUT2D eigenvalue weighted by atomic mass is 10.2. The van der Waals surface area contributed by atoms with Crippen molar-refractivity contribution >= 4 is 5.91 Å². The third-order valence-electron chi connectivity index (χ3n) is 4.25. The maximum Gasteiger partial charge on any atom is 0.270 e. The molecule has 0 radical (unpaired) electrons. The van der Waals surface area contributed by atoms with Gasteiger partial charge in [0.1, 0.15) is 23.1 Å². The summed E-state index contributed by atoms with van der Waals surface area (Å²) in [7, 11) is 0. The Bertz CT molecular complexity index is 1160. The molecular formula is C22H16F2N4O2. The molecule has 2 aromatic carbocycles. The lowest BCUT2D eigenvalue weighted by Crippen LogP contribution is -2.25. The summed E-state index contributed by atoms with van der Waals surface area (Å²) in [5.74, 6) is -0.437. The summed E-state index contributed by atoms with van der Waals surface area (Å²) in [5.41, 5.74) is 1.70. The zero-order valence-electron chi connectivity index (χ0n) is 15.6. The SMILES string of the molecule is O=C(NCc1ccc(Oc2cccc(F)c2)nc1)c1cncn1-c1ccc(F)cc1. The van der Waals surface area contributed by atoms with E-state index in [2.05, 4.69) is 15.3 Å². The number of ether oxygens (including phenoxy) is 1. The minimum Gasteiger partial charge on any atom is -0.439 e. The maximum absolute atomic E-state index is 13.2. The number of halogens is 2. The lowest BCUT2D eigenvalue weighted by molar-refractivity contribution is 0.0944. The first-order valence-corrected chi connectivity index (χ1v) is 9.03. The number of aromatic nitrogens is 3. The van der Waals surface area contributed by atoms with E-state index in [9.17, 15) is 13.6 Å². The van der Waals surface area contributed by atoms with Gasteiger partial charge in [0.2, 0.25) is 5.88 Å². The third kappa shape index (κ3) is 4.49. The standard InChI is InChI=1S/C22H16F2N4O2/c23-16-5-7-18(8-6-16)28-14-25-13-20(28)22(29)27-12-15-4-9-21(26-11-15)30-19-3-1-2-17(24)10-19/h1-11,13-14H,12H2,(H,27,29). The molecule has 0 aliphatic rings. The maximum atomic E-state index is 13.2. The molecule has 0 atom stereocenters. The lowest BCUT2D eigenvalue weighted by Gasteiger charge is -2.09. The molecule has 0 bridgehead atoms. The van der Waals surface area contributed by atoms with Gasteiger partial charge >= 0.3 is 0 Å². The molecule has 2 aromatic heterocycles. The van der Waals surface area contributed by atoms with Gasteiger partial charge in [-0.25, -0.2) is 18.7 Å². The largest absolute Gasteiger partial charge is 0.439 e. The fourth-order valence-corrected chi connectivity index (χ4v) is 2.77. The minimum absolute atomic E-state index is 0.237. The Hall–Kier alpha value is -4.07. The van der Waals surface area contributed by atoms with Crippen molar-refractivity contribution in [2.45, 2.75) is 6.54 Å². The van der Waals surface area contributed by atoms with Crippen LogP contribution < -0.4 is 10.1 Å². The van der Waals surface area contributed by atoms with Crippen molar-refractivity contribution in [1.82, 2.24) is 19.9 Å². The molecule has 8 heteroatoms. The fourth-order valence-electron chi connectivity index (χ4n) is 2.77. The molecule has 0 saturated carbocycles. The summed E-state index contributed by atoms with van der Waals surface area (Å²) in [6.45, 7) is 0.237. The van der Waals surface area contributed by atoms with E-state index < -0.39 is 5.82 Å². The topological polar surface area (TPSA) is 69.0 Å². The van der Waals surface area contributed by atoms with Crippen LogP contribution in [0.4, 0.5) is 8.78 Å². The first-order valence-electron chi connectivity index (χ1n) is 9.03. The molecule has 0 spiro atoms. The van der Waals surface area contributed by atoms with E-state index in [1.807, 2.05) is 0 Å². The van der Waals surface area contributed by atoms with Crippen LogP contribution in [0, 0.1) is 11.6 Å². The number of hydrogen-bond donors (Lipinski definition) is 1. The molecule has 0 aliphatic carbocycles. The molecule has 4 aromatic rings. The van der Waals surface area contributed by atoms with Crippen molar-refractivity contribution in [3.63, 3.8) is 0 Å². The van der Waals surface area contributed by atoms with Crippen molar-refractivity contribution in [2.75, 3.05) is 0 Å². The van der Waals surface area contributed by atoms with Gasteiger partial charge in [0.25, 0.3) is 5.91 Å². The van der Waals surface area contributed by atoms with Gasteiger partial charge in [-0.15, -0.1) is 0 Å². The van der Waals surface area contributed by atoms with E-state index in [1.165, 1.54) is 36.8 Å². The Morgan fingerprint density at radius 3 is 2.57 bits per heavy atom. The monoisotopic (exact) mass is 406 g/mol. The number of nitrogens with zero attached hydrogens (tertiary/aromatic N) is 3. The van der Waals surface area contributed by atoms with E-state index >= 15 is 0 Å². The van der Waals surface area contributed by atoms with Crippen LogP contribution >= 0.6 is 0 Å². The average molecular weight is 406 g/mol.